The second kappa shape index (κ2) is 13.8. The number of rotatable bonds is 12. The number of pyridine rings is 2. The Bertz CT molecular complexity index is 1580. The molecule has 7 nitrogen and oxygen atoms in total. The quantitative estimate of drug-likeness (QED) is 0.196. The van der Waals surface area contributed by atoms with Crippen LogP contribution in [0.25, 0.3) is 12.2 Å². The summed E-state index contributed by atoms with van der Waals surface area (Å²) in [7, 11) is 3.31. The molecule has 2 aromatic carbocycles. The first kappa shape index (κ1) is 27.4. The summed E-state index contributed by atoms with van der Waals surface area (Å²) in [5.41, 5.74) is 5.63. The van der Waals surface area contributed by atoms with Gasteiger partial charge in [-0.3, -0.25) is 15.0 Å². The lowest BCUT2D eigenvalue weighted by Gasteiger charge is -2.10. The van der Waals surface area contributed by atoms with Crippen molar-refractivity contribution >= 4 is 17.9 Å². The predicted molar refractivity (Wildman–Crippen MR) is 162 cm³/mol. The first-order chi connectivity index (χ1) is 20.2. The lowest BCUT2D eigenvalue weighted by atomic mass is 10.1. The van der Waals surface area contributed by atoms with Crippen molar-refractivity contribution in [3.63, 3.8) is 0 Å². The fraction of sp³-hybridized carbons (Fsp3) is 0.147. The van der Waals surface area contributed by atoms with Crippen LogP contribution >= 0.6 is 0 Å². The lowest BCUT2D eigenvalue weighted by Crippen LogP contribution is -1.98. The second-order valence-corrected chi connectivity index (χ2v) is 9.15. The van der Waals surface area contributed by atoms with E-state index >= 15 is 0 Å². The molecule has 0 saturated carbocycles. The van der Waals surface area contributed by atoms with Crippen molar-refractivity contribution in [1.29, 1.82) is 0 Å². The highest BCUT2D eigenvalue weighted by atomic mass is 16.5. The van der Waals surface area contributed by atoms with Gasteiger partial charge in [-0.25, -0.2) is 0 Å². The molecular weight excluding hydrogens is 514 g/mol. The molecule has 0 saturated heterocycles. The third-order valence-corrected chi connectivity index (χ3v) is 6.32. The normalized spacial score (nSPS) is 12.8. The van der Waals surface area contributed by atoms with Crippen LogP contribution in [0.2, 0.25) is 0 Å². The van der Waals surface area contributed by atoms with Crippen molar-refractivity contribution < 1.29 is 18.9 Å². The maximum absolute atomic E-state index is 5.88. The van der Waals surface area contributed by atoms with E-state index in [1.165, 1.54) is 0 Å². The van der Waals surface area contributed by atoms with Crippen molar-refractivity contribution in [3.05, 3.63) is 132 Å². The molecule has 3 heterocycles. The zero-order valence-electron chi connectivity index (χ0n) is 23.1. The van der Waals surface area contributed by atoms with Crippen LogP contribution < -0.4 is 18.9 Å². The Morgan fingerprint density at radius 3 is 1.73 bits per heavy atom. The standard InChI is InChI=1S/C34H31N3O4/c1-38-33-20-31(40-23-29-7-3-5-17-35-29)15-12-26(33)10-9-25-19-28(37-22-25)14-11-27-13-16-32(21-34(27)39-2)41-24-30-8-4-6-18-36-30/h3-21H,22-24H2,1-2H3/b10-9+,14-11+. The molecule has 5 rings (SSSR count). The van der Waals surface area contributed by atoms with Crippen LogP contribution in [0.1, 0.15) is 22.5 Å². The summed E-state index contributed by atoms with van der Waals surface area (Å²) >= 11 is 0. The molecule has 7 heteroatoms. The zero-order chi connectivity index (χ0) is 28.3. The molecule has 1 aliphatic rings. The van der Waals surface area contributed by atoms with Crippen LogP contribution in [-0.4, -0.2) is 36.4 Å². The molecule has 1 aliphatic heterocycles. The van der Waals surface area contributed by atoms with Gasteiger partial charge in [-0.05, 0) is 72.3 Å². The van der Waals surface area contributed by atoms with Crippen LogP contribution in [0, 0.1) is 0 Å². The summed E-state index contributed by atoms with van der Waals surface area (Å²) < 4.78 is 22.9. The van der Waals surface area contributed by atoms with Gasteiger partial charge in [0.05, 0.1) is 37.9 Å². The van der Waals surface area contributed by atoms with E-state index in [1.54, 1.807) is 26.6 Å². The van der Waals surface area contributed by atoms with Gasteiger partial charge in [0.25, 0.3) is 0 Å². The molecule has 0 amide bonds. The van der Waals surface area contributed by atoms with Gasteiger partial charge < -0.3 is 18.9 Å². The van der Waals surface area contributed by atoms with Crippen molar-refractivity contribution in [2.24, 2.45) is 4.99 Å². The maximum atomic E-state index is 5.88. The van der Waals surface area contributed by atoms with E-state index in [0.717, 1.165) is 56.8 Å². The van der Waals surface area contributed by atoms with E-state index < -0.39 is 0 Å². The molecule has 0 N–H and O–H groups in total. The summed E-state index contributed by atoms with van der Waals surface area (Å²) in [6.45, 7) is 1.41. The van der Waals surface area contributed by atoms with E-state index in [4.69, 9.17) is 18.9 Å². The Kier molecular flexibility index (Phi) is 9.19. The number of nitrogens with zero attached hydrogens (tertiary/aromatic N) is 3. The Hall–Kier alpha value is -5.17. The molecule has 0 spiro atoms. The van der Waals surface area contributed by atoms with E-state index in [1.807, 2.05) is 91.0 Å². The molecule has 4 aromatic rings. The molecule has 0 fully saturated rings. The average molecular weight is 546 g/mol. The molecule has 0 radical (unpaired) electrons. The highest BCUT2D eigenvalue weighted by Gasteiger charge is 2.08. The van der Waals surface area contributed by atoms with Crippen LogP contribution in [0.15, 0.2) is 114 Å². The molecular formula is C34H31N3O4. The summed E-state index contributed by atoms with van der Waals surface area (Å²) in [4.78, 5) is 13.2. The van der Waals surface area contributed by atoms with Crippen molar-refractivity contribution in [1.82, 2.24) is 9.97 Å². The van der Waals surface area contributed by atoms with Crippen molar-refractivity contribution in [2.75, 3.05) is 20.8 Å². The van der Waals surface area contributed by atoms with Crippen molar-refractivity contribution in [2.45, 2.75) is 13.2 Å². The Labute approximate surface area is 240 Å². The number of benzene rings is 2. The fourth-order valence-electron chi connectivity index (χ4n) is 4.16. The van der Waals surface area contributed by atoms with Gasteiger partial charge in [-0.1, -0.05) is 24.3 Å². The first-order valence-electron chi connectivity index (χ1n) is 13.2. The third kappa shape index (κ3) is 7.70. The molecule has 2 aromatic heterocycles. The van der Waals surface area contributed by atoms with Crippen molar-refractivity contribution in [3.8, 4) is 23.0 Å². The predicted octanol–water partition coefficient (Wildman–Crippen LogP) is 6.76. The largest absolute Gasteiger partial charge is 0.496 e. The van der Waals surface area contributed by atoms with Gasteiger partial charge in [0.1, 0.15) is 36.2 Å². The number of hydrogen-bond acceptors (Lipinski definition) is 7. The third-order valence-electron chi connectivity index (χ3n) is 6.32. The Morgan fingerprint density at radius 2 is 1.22 bits per heavy atom. The SMILES string of the molecule is COc1cc(OCc2ccccn2)ccc1/C=C/C1=CC(/C=C/c2ccc(OCc3ccccn3)cc2OC)=NC1. The van der Waals surface area contributed by atoms with Gasteiger partial charge in [0.2, 0.25) is 0 Å². The van der Waals surface area contributed by atoms with Gasteiger partial charge >= 0.3 is 0 Å². The summed E-state index contributed by atoms with van der Waals surface area (Å²) in [6, 6.07) is 23.1. The average Bonchev–Trinajstić information content (AvgIpc) is 3.49. The molecule has 0 atom stereocenters. The van der Waals surface area contributed by atoms with E-state index in [-0.39, 0.29) is 0 Å². The highest BCUT2D eigenvalue weighted by Crippen LogP contribution is 2.28. The number of hydrogen-bond donors (Lipinski definition) is 0. The van der Waals surface area contributed by atoms with Crippen LogP contribution in [0.4, 0.5) is 0 Å². The second-order valence-electron chi connectivity index (χ2n) is 9.15. The Balaban J connectivity index is 1.18. The van der Waals surface area contributed by atoms with Gasteiger partial charge in [-0.15, -0.1) is 0 Å². The first-order valence-corrected chi connectivity index (χ1v) is 13.2. The van der Waals surface area contributed by atoms with Gasteiger partial charge in [-0.2, -0.15) is 0 Å². The minimum atomic E-state index is 0.396. The summed E-state index contributed by atoms with van der Waals surface area (Å²) in [5.74, 6) is 2.91. The Morgan fingerprint density at radius 1 is 0.659 bits per heavy atom. The monoisotopic (exact) mass is 545 g/mol. The molecule has 0 bridgehead atoms. The fourth-order valence-corrected chi connectivity index (χ4v) is 4.16. The van der Waals surface area contributed by atoms with E-state index in [9.17, 15) is 0 Å². The maximum Gasteiger partial charge on any atom is 0.130 e. The lowest BCUT2D eigenvalue weighted by molar-refractivity contribution is 0.299. The molecule has 0 unspecified atom stereocenters. The molecule has 41 heavy (non-hydrogen) atoms. The molecule has 0 aliphatic carbocycles. The van der Waals surface area contributed by atoms with E-state index in [0.29, 0.717) is 19.8 Å². The number of allylic oxidation sites excluding steroid dienone is 2. The number of aliphatic imine (C=N–C) groups is 1. The summed E-state index contributed by atoms with van der Waals surface area (Å²) in [5, 5.41) is 0. The number of ether oxygens (including phenoxy) is 4. The minimum absolute atomic E-state index is 0.396. The minimum Gasteiger partial charge on any atom is -0.496 e. The zero-order valence-corrected chi connectivity index (χ0v) is 23.1. The van der Waals surface area contributed by atoms with Crippen LogP contribution in [-0.2, 0) is 13.2 Å². The van der Waals surface area contributed by atoms with Crippen LogP contribution in [0.5, 0.6) is 23.0 Å². The van der Waals surface area contributed by atoms with Gasteiger partial charge in [0, 0.05) is 35.7 Å². The summed E-state index contributed by atoms with van der Waals surface area (Å²) in [6.07, 6.45) is 13.7. The number of aromatic nitrogens is 2. The number of methoxy groups -OCH3 is 2. The molecule has 206 valence electrons. The topological polar surface area (TPSA) is 75.1 Å². The highest BCUT2D eigenvalue weighted by molar-refractivity contribution is 6.08. The van der Waals surface area contributed by atoms with Gasteiger partial charge in [0.15, 0.2) is 0 Å². The smallest absolute Gasteiger partial charge is 0.130 e. The van der Waals surface area contributed by atoms with Crippen LogP contribution in [0.3, 0.4) is 0 Å². The van der Waals surface area contributed by atoms with E-state index in [2.05, 4.69) is 27.1 Å².